The Morgan fingerprint density at radius 2 is 1.67 bits per heavy atom. The lowest BCUT2D eigenvalue weighted by atomic mass is 9.96. The first-order valence-corrected chi connectivity index (χ1v) is 12.5. The van der Waals surface area contributed by atoms with Gasteiger partial charge in [0.2, 0.25) is 5.91 Å². The number of H-pyrrole nitrogens is 1. The van der Waals surface area contributed by atoms with Gasteiger partial charge < -0.3 is 25.0 Å². The van der Waals surface area contributed by atoms with E-state index >= 15 is 0 Å². The first kappa shape index (κ1) is 32.6. The number of aromatic amines is 1. The summed E-state index contributed by atoms with van der Waals surface area (Å²) in [5.41, 5.74) is 3.90. The minimum Gasteiger partial charge on any atom is -0.497 e. The molecule has 2 aromatic carbocycles. The molecule has 1 atom stereocenters. The Labute approximate surface area is 241 Å². The SMILES string of the molecule is COc1ccc2c(c1)CC(C(=O)Nc1nc3ccc(-c4cn[nH]c4)cc3s1)CO2.O=C(O)C(F)(F)F.O=C(O)C(F)(F)F. The molecule has 43 heavy (non-hydrogen) atoms. The Kier molecular flexibility index (Phi) is 10.2. The molecular formula is C25H20F6N4O7S. The van der Waals surface area contributed by atoms with E-state index in [9.17, 15) is 31.1 Å². The van der Waals surface area contributed by atoms with Crippen LogP contribution < -0.4 is 14.8 Å². The summed E-state index contributed by atoms with van der Waals surface area (Å²) in [5.74, 6) is -4.31. The third-order valence-electron chi connectivity index (χ3n) is 5.48. The zero-order valence-electron chi connectivity index (χ0n) is 21.6. The van der Waals surface area contributed by atoms with Crippen molar-refractivity contribution in [1.29, 1.82) is 0 Å². The Hall–Kier alpha value is -4.87. The molecule has 0 saturated heterocycles. The summed E-state index contributed by atoms with van der Waals surface area (Å²) in [6.45, 7) is 0.348. The van der Waals surface area contributed by atoms with Crippen molar-refractivity contribution >= 4 is 44.5 Å². The summed E-state index contributed by atoms with van der Waals surface area (Å²) in [6.07, 6.45) is -5.94. The molecule has 230 valence electrons. The summed E-state index contributed by atoms with van der Waals surface area (Å²) in [7, 11) is 1.63. The fourth-order valence-electron chi connectivity index (χ4n) is 3.44. The smallest absolute Gasteiger partial charge is 0.490 e. The number of rotatable bonds is 4. The van der Waals surface area contributed by atoms with Crippen molar-refractivity contribution in [3.8, 4) is 22.6 Å². The minimum atomic E-state index is -5.08. The number of carboxylic acid groups (broad SMARTS) is 2. The van der Waals surface area contributed by atoms with Crippen molar-refractivity contribution in [3.05, 3.63) is 54.4 Å². The number of alkyl halides is 6. The van der Waals surface area contributed by atoms with E-state index in [2.05, 4.69) is 26.6 Å². The number of fused-ring (bicyclic) bond motifs is 2. The number of ether oxygens (including phenoxy) is 2. The molecular weight excluding hydrogens is 614 g/mol. The molecule has 0 radical (unpaired) electrons. The van der Waals surface area contributed by atoms with Crippen LogP contribution in [0.25, 0.3) is 21.3 Å². The van der Waals surface area contributed by atoms with Crippen molar-refractivity contribution in [3.63, 3.8) is 0 Å². The molecule has 5 rings (SSSR count). The van der Waals surface area contributed by atoms with Gasteiger partial charge in [0.25, 0.3) is 0 Å². The molecule has 1 aliphatic rings. The van der Waals surface area contributed by atoms with Crippen molar-refractivity contribution < 1.29 is 60.4 Å². The average Bonchev–Trinajstić information content (AvgIpc) is 3.61. The zero-order valence-corrected chi connectivity index (χ0v) is 22.4. The van der Waals surface area contributed by atoms with Crippen LogP contribution in [0, 0.1) is 5.92 Å². The highest BCUT2D eigenvalue weighted by Crippen LogP contribution is 2.33. The molecule has 0 saturated carbocycles. The highest BCUT2D eigenvalue weighted by Gasteiger charge is 2.39. The number of hydrogen-bond donors (Lipinski definition) is 4. The van der Waals surface area contributed by atoms with E-state index in [0.717, 1.165) is 38.4 Å². The van der Waals surface area contributed by atoms with Gasteiger partial charge in [0.05, 0.1) is 29.4 Å². The standard InChI is InChI=1S/C21H18N4O3S.2C2HF3O2/c1-27-16-3-5-18-13(7-16)6-14(11-28-18)20(26)25-21-24-17-4-2-12(8-19(17)29-21)15-9-22-23-10-15;2*3-2(4,5)1(6)7/h2-5,7-10,14H,6,11H2,1H3,(H,22,23)(H,24,25,26);2*(H,6,7). The first-order valence-electron chi connectivity index (χ1n) is 11.7. The number of carbonyl (C=O) groups is 3. The van der Waals surface area contributed by atoms with E-state index in [1.54, 1.807) is 13.3 Å². The minimum absolute atomic E-state index is 0.0902. The number of hydrogen-bond acceptors (Lipinski definition) is 8. The molecule has 4 N–H and O–H groups in total. The Balaban J connectivity index is 0.000000303. The zero-order chi connectivity index (χ0) is 31.9. The number of anilines is 1. The van der Waals surface area contributed by atoms with Gasteiger partial charge in [0.15, 0.2) is 5.13 Å². The number of halogens is 6. The topological polar surface area (TPSA) is 164 Å². The van der Waals surface area contributed by atoms with Crippen LogP contribution in [0.4, 0.5) is 31.5 Å². The maximum Gasteiger partial charge on any atom is 0.490 e. The van der Waals surface area contributed by atoms with Crippen molar-refractivity contribution in [1.82, 2.24) is 15.2 Å². The number of carbonyl (C=O) groups excluding carboxylic acids is 1. The van der Waals surface area contributed by atoms with E-state index in [1.807, 2.05) is 36.5 Å². The highest BCUT2D eigenvalue weighted by atomic mass is 32.1. The van der Waals surface area contributed by atoms with Gasteiger partial charge >= 0.3 is 24.3 Å². The second kappa shape index (κ2) is 13.4. The van der Waals surface area contributed by atoms with Crippen LogP contribution in [-0.4, -0.2) is 69.3 Å². The summed E-state index contributed by atoms with van der Waals surface area (Å²) in [4.78, 5) is 35.1. The molecule has 1 unspecified atom stereocenters. The van der Waals surface area contributed by atoms with Gasteiger partial charge in [0.1, 0.15) is 18.1 Å². The quantitative estimate of drug-likeness (QED) is 0.222. The third kappa shape index (κ3) is 9.06. The molecule has 0 bridgehead atoms. The lowest BCUT2D eigenvalue weighted by Crippen LogP contribution is -2.32. The van der Waals surface area contributed by atoms with Crippen LogP contribution in [0.2, 0.25) is 0 Å². The fourth-order valence-corrected chi connectivity index (χ4v) is 4.35. The van der Waals surface area contributed by atoms with Crippen LogP contribution in [-0.2, 0) is 20.8 Å². The third-order valence-corrected chi connectivity index (χ3v) is 6.41. The summed E-state index contributed by atoms with van der Waals surface area (Å²) in [6, 6.07) is 11.7. The normalized spacial score (nSPS) is 14.2. The number of aliphatic carboxylic acids is 2. The average molecular weight is 635 g/mol. The second-order valence-corrected chi connectivity index (χ2v) is 9.50. The van der Waals surface area contributed by atoms with E-state index < -0.39 is 24.3 Å². The van der Waals surface area contributed by atoms with E-state index in [0.29, 0.717) is 18.2 Å². The number of amides is 1. The molecule has 3 heterocycles. The van der Waals surface area contributed by atoms with Gasteiger partial charge in [-0.3, -0.25) is 9.89 Å². The predicted octanol–water partition coefficient (Wildman–Crippen LogP) is 5.15. The van der Waals surface area contributed by atoms with Gasteiger partial charge in [-0.05, 0) is 47.9 Å². The molecule has 11 nitrogen and oxygen atoms in total. The molecule has 2 aromatic heterocycles. The van der Waals surface area contributed by atoms with Gasteiger partial charge in [-0.25, -0.2) is 14.6 Å². The number of benzene rings is 2. The molecule has 0 aliphatic carbocycles. The molecule has 4 aromatic rings. The summed E-state index contributed by atoms with van der Waals surface area (Å²) < 4.78 is 75.5. The van der Waals surface area contributed by atoms with Crippen LogP contribution in [0.1, 0.15) is 5.56 Å². The monoisotopic (exact) mass is 634 g/mol. The Morgan fingerprint density at radius 3 is 2.23 bits per heavy atom. The van der Waals surface area contributed by atoms with Crippen molar-refractivity contribution in [2.75, 3.05) is 19.0 Å². The molecule has 0 spiro atoms. The van der Waals surface area contributed by atoms with Gasteiger partial charge in [0, 0.05) is 11.8 Å². The number of nitrogens with zero attached hydrogens (tertiary/aromatic N) is 2. The number of methoxy groups -OCH3 is 1. The van der Waals surface area contributed by atoms with Crippen LogP contribution >= 0.6 is 11.3 Å². The molecule has 1 amide bonds. The van der Waals surface area contributed by atoms with Crippen LogP contribution in [0.15, 0.2) is 48.8 Å². The van der Waals surface area contributed by atoms with Crippen molar-refractivity contribution in [2.45, 2.75) is 18.8 Å². The lowest BCUT2D eigenvalue weighted by Gasteiger charge is -2.24. The number of aromatic nitrogens is 3. The highest BCUT2D eigenvalue weighted by molar-refractivity contribution is 7.22. The maximum atomic E-state index is 12.8. The Morgan fingerprint density at radius 1 is 1.02 bits per heavy atom. The van der Waals surface area contributed by atoms with Crippen LogP contribution in [0.3, 0.4) is 0 Å². The summed E-state index contributed by atoms with van der Waals surface area (Å²) >= 11 is 1.46. The van der Waals surface area contributed by atoms with Gasteiger partial charge in [-0.1, -0.05) is 17.4 Å². The van der Waals surface area contributed by atoms with E-state index in [4.69, 9.17) is 29.3 Å². The van der Waals surface area contributed by atoms with E-state index in [-0.39, 0.29) is 11.8 Å². The van der Waals surface area contributed by atoms with Gasteiger partial charge in [-0.2, -0.15) is 31.4 Å². The summed E-state index contributed by atoms with van der Waals surface area (Å²) in [5, 5.41) is 24.6. The maximum absolute atomic E-state index is 12.8. The predicted molar refractivity (Wildman–Crippen MR) is 139 cm³/mol. The van der Waals surface area contributed by atoms with Crippen LogP contribution in [0.5, 0.6) is 11.5 Å². The molecule has 18 heteroatoms. The molecule has 0 fully saturated rings. The number of carboxylic acids is 2. The molecule has 1 aliphatic heterocycles. The van der Waals surface area contributed by atoms with Crippen molar-refractivity contribution in [2.24, 2.45) is 5.92 Å². The lowest BCUT2D eigenvalue weighted by molar-refractivity contribution is -0.193. The first-order chi connectivity index (χ1) is 20.1. The number of thiazole rings is 1. The fraction of sp³-hybridized carbons (Fsp3) is 0.240. The Bertz CT molecular complexity index is 1570. The largest absolute Gasteiger partial charge is 0.497 e. The second-order valence-electron chi connectivity index (χ2n) is 8.47. The number of nitrogens with one attached hydrogen (secondary N) is 2. The van der Waals surface area contributed by atoms with Gasteiger partial charge in [-0.15, -0.1) is 0 Å². The van der Waals surface area contributed by atoms with E-state index in [1.165, 1.54) is 11.3 Å².